The van der Waals surface area contributed by atoms with Crippen molar-refractivity contribution < 1.29 is 24.6 Å². The van der Waals surface area contributed by atoms with Crippen LogP contribution in [0.2, 0.25) is 0 Å². The number of carbonyl (C=O) groups is 1. The highest BCUT2D eigenvalue weighted by atomic mass is 16.6. The second kappa shape index (κ2) is 4.40. The highest BCUT2D eigenvalue weighted by Crippen LogP contribution is 2.36. The molecule has 1 aliphatic heterocycles. The van der Waals surface area contributed by atoms with Crippen LogP contribution in [0.15, 0.2) is 5.16 Å². The third-order valence-corrected chi connectivity index (χ3v) is 2.87. The van der Waals surface area contributed by atoms with Crippen LogP contribution in [0.1, 0.15) is 27.2 Å². The minimum absolute atomic E-state index is 0.217. The van der Waals surface area contributed by atoms with Gasteiger partial charge in [-0.3, -0.25) is 0 Å². The van der Waals surface area contributed by atoms with Crippen LogP contribution in [0.5, 0.6) is 0 Å². The van der Waals surface area contributed by atoms with Crippen molar-refractivity contribution in [3.8, 4) is 0 Å². The normalized spacial score (nSPS) is 37.0. The molecule has 0 bridgehead atoms. The molecule has 0 aromatic heterocycles. The molecular weight excluding hydrogens is 240 g/mol. The molecule has 1 saturated carbocycles. The van der Waals surface area contributed by atoms with Gasteiger partial charge in [0.25, 0.3) is 0 Å². The highest BCUT2D eigenvalue weighted by molar-refractivity contribution is 5.91. The summed E-state index contributed by atoms with van der Waals surface area (Å²) in [7, 11) is 0. The fraction of sp³-hybridized carbons (Fsp3) is 0.818. The number of hydrogen-bond donors (Lipinski definition) is 3. The summed E-state index contributed by atoms with van der Waals surface area (Å²) in [5.41, 5.74) is -0.356. The first-order chi connectivity index (χ1) is 8.31. The fourth-order valence-corrected chi connectivity index (χ4v) is 2.06. The summed E-state index contributed by atoms with van der Waals surface area (Å²) in [6.45, 7) is 5.32. The molecule has 1 amide bonds. The Balaban J connectivity index is 1.93. The summed E-state index contributed by atoms with van der Waals surface area (Å²) < 4.78 is 10.4. The second-order valence-electron chi connectivity index (χ2n) is 5.56. The van der Waals surface area contributed by atoms with Gasteiger partial charge < -0.3 is 25.1 Å². The Morgan fingerprint density at radius 2 is 2.17 bits per heavy atom. The molecule has 18 heavy (non-hydrogen) atoms. The van der Waals surface area contributed by atoms with Crippen molar-refractivity contribution in [2.75, 3.05) is 0 Å². The monoisotopic (exact) mass is 258 g/mol. The van der Waals surface area contributed by atoms with Gasteiger partial charge in [-0.1, -0.05) is 5.16 Å². The molecule has 0 aromatic carbocycles. The number of amides is 1. The smallest absolute Gasteiger partial charge is 0.407 e. The Morgan fingerprint density at radius 3 is 2.72 bits per heavy atom. The molecule has 3 N–H and O–H groups in total. The molecule has 4 atom stereocenters. The highest BCUT2D eigenvalue weighted by Gasteiger charge is 2.56. The first-order valence-electron chi connectivity index (χ1n) is 5.85. The van der Waals surface area contributed by atoms with Gasteiger partial charge in [-0.15, -0.1) is 0 Å². The van der Waals surface area contributed by atoms with Crippen molar-refractivity contribution >= 4 is 11.8 Å². The topological polar surface area (TPSA) is 104 Å². The molecule has 0 radical (unpaired) electrons. The molecule has 0 spiro atoms. The zero-order chi connectivity index (χ0) is 13.5. The predicted octanol–water partition coefficient (Wildman–Crippen LogP) is 0.242. The molecular formula is C11H18N2O5. The third-order valence-electron chi connectivity index (χ3n) is 2.87. The van der Waals surface area contributed by atoms with E-state index in [1.54, 1.807) is 20.8 Å². The van der Waals surface area contributed by atoms with Gasteiger partial charge in [0.05, 0.1) is 11.8 Å². The molecule has 0 unspecified atom stereocenters. The Morgan fingerprint density at radius 1 is 1.50 bits per heavy atom. The van der Waals surface area contributed by atoms with Crippen LogP contribution in [-0.4, -0.2) is 52.1 Å². The maximum absolute atomic E-state index is 11.6. The maximum atomic E-state index is 11.6. The van der Waals surface area contributed by atoms with Crippen molar-refractivity contribution in [1.82, 2.24) is 5.32 Å². The molecule has 7 heteroatoms. The summed E-state index contributed by atoms with van der Waals surface area (Å²) in [5, 5.41) is 24.1. The number of oxime groups is 1. The average molecular weight is 258 g/mol. The van der Waals surface area contributed by atoms with Gasteiger partial charge in [-0.25, -0.2) is 4.79 Å². The van der Waals surface area contributed by atoms with E-state index >= 15 is 0 Å². The van der Waals surface area contributed by atoms with Crippen LogP contribution >= 0.6 is 0 Å². The average Bonchev–Trinajstić information content (AvgIpc) is 2.99. The summed E-state index contributed by atoms with van der Waals surface area (Å²) in [4.78, 5) is 11.6. The third kappa shape index (κ3) is 2.73. The number of rotatable bonds is 1. The molecule has 1 saturated heterocycles. The van der Waals surface area contributed by atoms with Crippen molar-refractivity contribution in [2.45, 2.75) is 57.1 Å². The number of aliphatic hydroxyl groups is 1. The van der Waals surface area contributed by atoms with E-state index in [9.17, 15) is 9.90 Å². The number of nitrogens with zero attached hydrogens (tertiary/aromatic N) is 1. The Hall–Kier alpha value is -1.34. The van der Waals surface area contributed by atoms with Gasteiger partial charge in [-0.2, -0.15) is 0 Å². The van der Waals surface area contributed by atoms with Crippen molar-refractivity contribution in [3.63, 3.8) is 0 Å². The number of alkyl carbamates (subject to hydrolysis) is 1. The van der Waals surface area contributed by atoms with Gasteiger partial charge in [0, 0.05) is 6.42 Å². The van der Waals surface area contributed by atoms with Gasteiger partial charge >= 0.3 is 6.09 Å². The zero-order valence-electron chi connectivity index (χ0n) is 10.6. The first-order valence-corrected chi connectivity index (χ1v) is 5.85. The van der Waals surface area contributed by atoms with E-state index in [0.717, 1.165) is 0 Å². The summed E-state index contributed by atoms with van der Waals surface area (Å²) in [6.07, 6.45) is -1.83. The SMILES string of the molecule is CC(C)(C)OC(=O)N[C@@H]1C/C(=N/O)[C@@H](O)[C@@H]2O[C@H]21. The van der Waals surface area contributed by atoms with E-state index in [1.165, 1.54) is 0 Å². The second-order valence-corrected chi connectivity index (χ2v) is 5.56. The number of ether oxygens (including phenoxy) is 2. The number of epoxide rings is 1. The molecule has 1 heterocycles. The van der Waals surface area contributed by atoms with E-state index < -0.39 is 23.9 Å². The van der Waals surface area contributed by atoms with Gasteiger partial charge in [-0.05, 0) is 20.8 Å². The van der Waals surface area contributed by atoms with Crippen molar-refractivity contribution in [1.29, 1.82) is 0 Å². The lowest BCUT2D eigenvalue weighted by Crippen LogP contribution is -2.49. The number of hydrogen-bond acceptors (Lipinski definition) is 6. The van der Waals surface area contributed by atoms with Gasteiger partial charge in [0.2, 0.25) is 0 Å². The Bertz CT molecular complexity index is 376. The minimum Gasteiger partial charge on any atom is -0.444 e. The number of aliphatic hydroxyl groups excluding tert-OH is 1. The van der Waals surface area contributed by atoms with E-state index in [4.69, 9.17) is 14.7 Å². The van der Waals surface area contributed by atoms with Gasteiger partial charge in [0.1, 0.15) is 23.9 Å². The summed E-state index contributed by atoms with van der Waals surface area (Å²) in [5.74, 6) is 0. The van der Waals surface area contributed by atoms with Crippen LogP contribution in [0.25, 0.3) is 0 Å². The fourth-order valence-electron chi connectivity index (χ4n) is 2.06. The van der Waals surface area contributed by atoms with Gasteiger partial charge in [0.15, 0.2) is 0 Å². The minimum atomic E-state index is -0.892. The molecule has 2 rings (SSSR count). The van der Waals surface area contributed by atoms with E-state index in [0.29, 0.717) is 0 Å². The quantitative estimate of drug-likeness (QED) is 0.355. The number of nitrogens with one attached hydrogen (secondary N) is 1. The van der Waals surface area contributed by atoms with E-state index in [2.05, 4.69) is 10.5 Å². The van der Waals surface area contributed by atoms with Crippen LogP contribution in [-0.2, 0) is 9.47 Å². The lowest BCUT2D eigenvalue weighted by atomic mass is 9.91. The molecule has 102 valence electrons. The predicted molar refractivity (Wildman–Crippen MR) is 61.7 cm³/mol. The number of fused-ring (bicyclic) bond motifs is 1. The largest absolute Gasteiger partial charge is 0.444 e. The van der Waals surface area contributed by atoms with Crippen molar-refractivity contribution in [2.24, 2.45) is 5.16 Å². The van der Waals surface area contributed by atoms with E-state index in [-0.39, 0.29) is 24.3 Å². The van der Waals surface area contributed by atoms with Crippen LogP contribution in [0.3, 0.4) is 0 Å². The number of carbonyl (C=O) groups excluding carboxylic acids is 1. The van der Waals surface area contributed by atoms with Crippen LogP contribution in [0, 0.1) is 0 Å². The first kappa shape index (κ1) is 13.1. The molecule has 7 nitrogen and oxygen atoms in total. The molecule has 2 aliphatic rings. The van der Waals surface area contributed by atoms with Crippen LogP contribution < -0.4 is 5.32 Å². The lowest BCUT2D eigenvalue weighted by Gasteiger charge is -2.25. The molecule has 1 aliphatic carbocycles. The standard InChI is InChI=1S/C11H18N2O5/c1-11(2,3)18-10(15)12-6-4-5(13-16)7(14)9-8(6)17-9/h6-9,14,16H,4H2,1-3H3,(H,12,15)/b13-5-/t6-,7-,8+,9+/m1/s1. The Kier molecular flexibility index (Phi) is 3.20. The lowest BCUT2D eigenvalue weighted by molar-refractivity contribution is 0.0495. The zero-order valence-corrected chi connectivity index (χ0v) is 10.6. The summed E-state index contributed by atoms with van der Waals surface area (Å²) in [6, 6.07) is -0.334. The summed E-state index contributed by atoms with van der Waals surface area (Å²) >= 11 is 0. The van der Waals surface area contributed by atoms with Crippen molar-refractivity contribution in [3.05, 3.63) is 0 Å². The maximum Gasteiger partial charge on any atom is 0.407 e. The Labute approximate surface area is 105 Å². The van der Waals surface area contributed by atoms with E-state index in [1.807, 2.05) is 0 Å². The molecule has 0 aromatic rings. The van der Waals surface area contributed by atoms with Crippen LogP contribution in [0.4, 0.5) is 4.79 Å². The molecule has 2 fully saturated rings.